The van der Waals surface area contributed by atoms with Gasteiger partial charge < -0.3 is 0 Å². The van der Waals surface area contributed by atoms with Crippen molar-refractivity contribution in [1.82, 2.24) is 0 Å². The van der Waals surface area contributed by atoms with Crippen molar-refractivity contribution in [3.63, 3.8) is 0 Å². The predicted molar refractivity (Wildman–Crippen MR) is 65.4 cm³/mol. The molecular weight excluding hydrogens is 216 g/mol. The van der Waals surface area contributed by atoms with Gasteiger partial charge in [0.05, 0.1) is 0 Å². The lowest BCUT2D eigenvalue weighted by Gasteiger charge is -2.22. The molecule has 0 unspecified atom stereocenters. The van der Waals surface area contributed by atoms with Crippen molar-refractivity contribution in [3.8, 4) is 0 Å². The van der Waals surface area contributed by atoms with Crippen LogP contribution in [0.25, 0.3) is 0 Å². The lowest BCUT2D eigenvalue weighted by Crippen LogP contribution is -2.38. The highest BCUT2D eigenvalue weighted by Gasteiger charge is 2.39. The first-order valence-electron chi connectivity index (χ1n) is 5.56. The molecule has 1 fully saturated rings. The van der Waals surface area contributed by atoms with Crippen molar-refractivity contribution in [2.24, 2.45) is 11.8 Å². The number of rotatable bonds is 4. The average Bonchev–Trinajstić information content (AvgIpc) is 2.24. The number of ketones is 3. The van der Waals surface area contributed by atoms with Gasteiger partial charge in [0.25, 0.3) is 0 Å². The summed E-state index contributed by atoms with van der Waals surface area (Å²) in [7, 11) is 0. The molecule has 3 heteroatoms. The second-order valence-electron chi connectivity index (χ2n) is 4.31. The number of Topliss-reactive ketones (excluding diaryl/α,β-unsaturated/α-hetero) is 3. The molecule has 0 aliphatic heterocycles. The summed E-state index contributed by atoms with van der Waals surface area (Å²) >= 11 is 0. The Kier molecular flexibility index (Phi) is 4.32. The van der Waals surface area contributed by atoms with Gasteiger partial charge in [0.15, 0.2) is 17.3 Å². The van der Waals surface area contributed by atoms with Crippen LogP contribution in [0.3, 0.4) is 0 Å². The van der Waals surface area contributed by atoms with Crippen LogP contribution in [0.4, 0.5) is 0 Å². The topological polar surface area (TPSA) is 51.2 Å². The molecule has 3 nitrogen and oxygen atoms in total. The maximum atomic E-state index is 12.0. The fourth-order valence-electron chi connectivity index (χ4n) is 2.01. The van der Waals surface area contributed by atoms with Crippen LogP contribution in [0.1, 0.15) is 19.8 Å². The molecule has 0 bridgehead atoms. The smallest absolute Gasteiger partial charge is 0.180 e. The first-order chi connectivity index (χ1) is 8.01. The van der Waals surface area contributed by atoms with Crippen molar-refractivity contribution in [1.29, 1.82) is 0 Å². The van der Waals surface area contributed by atoms with Crippen LogP contribution in [0.2, 0.25) is 0 Å². The van der Waals surface area contributed by atoms with Crippen LogP contribution in [-0.4, -0.2) is 17.3 Å². The molecule has 0 heterocycles. The van der Waals surface area contributed by atoms with E-state index in [2.05, 4.69) is 13.2 Å². The van der Waals surface area contributed by atoms with Crippen molar-refractivity contribution in [2.45, 2.75) is 19.8 Å². The highest BCUT2D eigenvalue weighted by molar-refractivity contribution is 6.25. The van der Waals surface area contributed by atoms with Gasteiger partial charge in [-0.3, -0.25) is 14.4 Å². The van der Waals surface area contributed by atoms with Gasteiger partial charge in [-0.05, 0) is 5.92 Å². The standard InChI is InChI=1S/C14H16O3/c1-4-6-10(5-2)14(17)13-11(15)7-9(3)8-12(13)16/h4-6,9,13H,1-2,7-8H2,3H3/b10-6+. The van der Waals surface area contributed by atoms with Gasteiger partial charge in [0, 0.05) is 18.4 Å². The Balaban J connectivity index is 2.99. The van der Waals surface area contributed by atoms with E-state index in [0.717, 1.165) is 0 Å². The van der Waals surface area contributed by atoms with E-state index in [1.165, 1.54) is 18.2 Å². The van der Waals surface area contributed by atoms with Crippen LogP contribution in [0.15, 0.2) is 37.0 Å². The molecule has 0 aromatic heterocycles. The maximum Gasteiger partial charge on any atom is 0.180 e. The van der Waals surface area contributed by atoms with Crippen LogP contribution in [0.5, 0.6) is 0 Å². The lowest BCUT2D eigenvalue weighted by molar-refractivity contribution is -0.141. The second-order valence-corrected chi connectivity index (χ2v) is 4.31. The molecule has 1 saturated carbocycles. The summed E-state index contributed by atoms with van der Waals surface area (Å²) in [5.41, 5.74) is 0.265. The first-order valence-corrected chi connectivity index (χ1v) is 5.56. The Morgan fingerprint density at radius 3 is 2.18 bits per heavy atom. The van der Waals surface area contributed by atoms with E-state index in [4.69, 9.17) is 0 Å². The van der Waals surface area contributed by atoms with E-state index < -0.39 is 11.7 Å². The molecule has 0 atom stereocenters. The van der Waals surface area contributed by atoms with Crippen LogP contribution in [-0.2, 0) is 14.4 Å². The number of allylic oxidation sites excluding steroid dienone is 4. The molecule has 1 aliphatic carbocycles. The molecule has 0 radical (unpaired) electrons. The van der Waals surface area contributed by atoms with E-state index in [1.54, 1.807) is 0 Å². The Morgan fingerprint density at radius 1 is 1.24 bits per heavy atom. The molecule has 0 spiro atoms. The molecule has 0 aromatic rings. The van der Waals surface area contributed by atoms with Gasteiger partial charge in [0.1, 0.15) is 5.92 Å². The summed E-state index contributed by atoms with van der Waals surface area (Å²) in [5, 5.41) is 0. The quantitative estimate of drug-likeness (QED) is 0.423. The zero-order chi connectivity index (χ0) is 13.0. The highest BCUT2D eigenvalue weighted by atomic mass is 16.2. The van der Waals surface area contributed by atoms with Crippen molar-refractivity contribution >= 4 is 17.3 Å². The highest BCUT2D eigenvalue weighted by Crippen LogP contribution is 2.25. The largest absolute Gasteiger partial charge is 0.298 e. The Hall–Kier alpha value is -1.77. The zero-order valence-electron chi connectivity index (χ0n) is 9.94. The van der Waals surface area contributed by atoms with Crippen molar-refractivity contribution in [2.75, 3.05) is 0 Å². The van der Waals surface area contributed by atoms with Crippen LogP contribution >= 0.6 is 0 Å². The van der Waals surface area contributed by atoms with Crippen molar-refractivity contribution < 1.29 is 14.4 Å². The molecule has 0 aromatic carbocycles. The van der Waals surface area contributed by atoms with E-state index in [9.17, 15) is 14.4 Å². The summed E-state index contributed by atoms with van der Waals surface area (Å²) in [6.45, 7) is 8.82. The molecule has 90 valence electrons. The van der Waals surface area contributed by atoms with Gasteiger partial charge in [-0.1, -0.05) is 38.3 Å². The van der Waals surface area contributed by atoms with Gasteiger partial charge in [-0.25, -0.2) is 0 Å². The molecule has 0 amide bonds. The minimum atomic E-state index is -1.13. The zero-order valence-corrected chi connectivity index (χ0v) is 9.94. The Morgan fingerprint density at radius 2 is 1.76 bits per heavy atom. The van der Waals surface area contributed by atoms with Crippen LogP contribution < -0.4 is 0 Å². The molecule has 0 saturated heterocycles. The van der Waals surface area contributed by atoms with Crippen molar-refractivity contribution in [3.05, 3.63) is 37.0 Å². The molecule has 17 heavy (non-hydrogen) atoms. The molecule has 1 aliphatic rings. The SMILES string of the molecule is C=C/C=C(\C=C)C(=O)C1C(=O)CC(C)CC1=O. The minimum Gasteiger partial charge on any atom is -0.298 e. The van der Waals surface area contributed by atoms with Gasteiger partial charge in [-0.2, -0.15) is 0 Å². The summed E-state index contributed by atoms with van der Waals surface area (Å²) in [6, 6.07) is 0. The fourth-order valence-corrected chi connectivity index (χ4v) is 2.01. The average molecular weight is 232 g/mol. The normalized spacial score (nSPS) is 25.6. The summed E-state index contributed by atoms with van der Waals surface area (Å²) in [4.78, 5) is 35.5. The first kappa shape index (κ1) is 13.3. The Bertz CT molecular complexity index is 397. The number of hydrogen-bond acceptors (Lipinski definition) is 3. The third-order valence-electron chi connectivity index (χ3n) is 2.81. The number of hydrogen-bond donors (Lipinski definition) is 0. The molecular formula is C14H16O3. The number of carbonyl (C=O) groups excluding carboxylic acids is 3. The third-order valence-corrected chi connectivity index (χ3v) is 2.81. The summed E-state index contributed by atoms with van der Waals surface area (Å²) < 4.78 is 0. The third kappa shape index (κ3) is 2.87. The Labute approximate surface area is 101 Å². The summed E-state index contributed by atoms with van der Waals surface area (Å²) in [6.07, 6.45) is 4.84. The summed E-state index contributed by atoms with van der Waals surface area (Å²) in [5.74, 6) is -2.11. The maximum absolute atomic E-state index is 12.0. The fraction of sp³-hybridized carbons (Fsp3) is 0.357. The number of carbonyl (C=O) groups is 3. The predicted octanol–water partition coefficient (Wildman–Crippen LogP) is 2.04. The van der Waals surface area contributed by atoms with E-state index in [1.807, 2.05) is 6.92 Å². The lowest BCUT2D eigenvalue weighted by atomic mass is 9.77. The minimum absolute atomic E-state index is 0.0367. The van der Waals surface area contributed by atoms with Gasteiger partial charge in [-0.15, -0.1) is 0 Å². The monoisotopic (exact) mass is 232 g/mol. The van der Waals surface area contributed by atoms with Crippen LogP contribution in [0, 0.1) is 11.8 Å². The molecule has 0 N–H and O–H groups in total. The van der Waals surface area contributed by atoms with Gasteiger partial charge >= 0.3 is 0 Å². The van der Waals surface area contributed by atoms with E-state index in [-0.39, 0.29) is 23.1 Å². The van der Waals surface area contributed by atoms with E-state index >= 15 is 0 Å². The van der Waals surface area contributed by atoms with Gasteiger partial charge in [0.2, 0.25) is 0 Å². The molecule has 1 rings (SSSR count). The second kappa shape index (κ2) is 5.53. The van der Waals surface area contributed by atoms with E-state index in [0.29, 0.717) is 12.8 Å².